The van der Waals surface area contributed by atoms with Crippen molar-refractivity contribution in [2.45, 2.75) is 6.92 Å². The van der Waals surface area contributed by atoms with Crippen LogP contribution in [0.3, 0.4) is 0 Å². The summed E-state index contributed by atoms with van der Waals surface area (Å²) in [5, 5.41) is 13.6. The third kappa shape index (κ3) is 3.89. The molecule has 0 unspecified atom stereocenters. The molecule has 0 heterocycles. The largest absolute Gasteiger partial charge is 0.316 e. The Bertz CT molecular complexity index is 712. The molecule has 21 heavy (non-hydrogen) atoms. The maximum absolute atomic E-state index is 12.2. The van der Waals surface area contributed by atoms with Crippen LogP contribution in [0.2, 0.25) is 0 Å². The van der Waals surface area contributed by atoms with Gasteiger partial charge in [0.2, 0.25) is 0 Å². The molecule has 0 aliphatic carbocycles. The minimum atomic E-state index is -0.514. The summed E-state index contributed by atoms with van der Waals surface area (Å²) >= 11 is 6.59. The van der Waals surface area contributed by atoms with Gasteiger partial charge >= 0.3 is 0 Å². The lowest BCUT2D eigenvalue weighted by molar-refractivity contribution is -0.384. The van der Waals surface area contributed by atoms with Gasteiger partial charge in [0.1, 0.15) is 5.69 Å². The lowest BCUT2D eigenvalue weighted by Crippen LogP contribution is -2.13. The van der Waals surface area contributed by atoms with Crippen LogP contribution in [0.4, 0.5) is 11.4 Å². The number of halogens is 2. The Morgan fingerprint density at radius 2 is 1.76 bits per heavy atom. The van der Waals surface area contributed by atoms with Crippen LogP contribution >= 0.6 is 31.9 Å². The first kappa shape index (κ1) is 15.7. The number of amides is 1. The number of hydrogen-bond acceptors (Lipinski definition) is 3. The van der Waals surface area contributed by atoms with Gasteiger partial charge in [0.15, 0.2) is 0 Å². The van der Waals surface area contributed by atoms with Crippen molar-refractivity contribution in [2.75, 3.05) is 5.32 Å². The Morgan fingerprint density at radius 1 is 1.14 bits per heavy atom. The monoisotopic (exact) mass is 412 g/mol. The molecule has 7 heteroatoms. The predicted molar refractivity (Wildman–Crippen MR) is 87.6 cm³/mol. The van der Waals surface area contributed by atoms with Crippen LogP contribution in [0.1, 0.15) is 15.9 Å². The molecule has 1 amide bonds. The molecule has 1 N–H and O–H groups in total. The standard InChI is InChI=1S/C14H10Br2N2O3/c1-8-2-3-12(13(4-8)18(20)21)17-14(19)9-5-10(15)7-11(16)6-9/h2-7H,1H3,(H,17,19). The summed E-state index contributed by atoms with van der Waals surface area (Å²) in [4.78, 5) is 22.7. The van der Waals surface area contributed by atoms with Crippen molar-refractivity contribution in [2.24, 2.45) is 0 Å². The van der Waals surface area contributed by atoms with Crippen LogP contribution in [0.5, 0.6) is 0 Å². The molecule has 0 saturated carbocycles. The van der Waals surface area contributed by atoms with Crippen molar-refractivity contribution >= 4 is 49.1 Å². The molecule has 5 nitrogen and oxygen atoms in total. The van der Waals surface area contributed by atoms with Crippen LogP contribution in [0.15, 0.2) is 45.3 Å². The van der Waals surface area contributed by atoms with E-state index in [0.717, 1.165) is 14.5 Å². The zero-order valence-electron chi connectivity index (χ0n) is 10.9. The lowest BCUT2D eigenvalue weighted by Gasteiger charge is -2.07. The summed E-state index contributed by atoms with van der Waals surface area (Å²) in [6.07, 6.45) is 0. The quantitative estimate of drug-likeness (QED) is 0.586. The van der Waals surface area contributed by atoms with Gasteiger partial charge in [-0.05, 0) is 36.8 Å². The molecule has 0 radical (unpaired) electrons. The van der Waals surface area contributed by atoms with Crippen LogP contribution < -0.4 is 5.32 Å². The van der Waals surface area contributed by atoms with Gasteiger partial charge in [-0.3, -0.25) is 14.9 Å². The summed E-state index contributed by atoms with van der Waals surface area (Å²) in [6, 6.07) is 9.73. The summed E-state index contributed by atoms with van der Waals surface area (Å²) in [5.41, 5.74) is 1.19. The molecular weight excluding hydrogens is 404 g/mol. The van der Waals surface area contributed by atoms with E-state index in [9.17, 15) is 14.9 Å². The number of nitro groups is 1. The Kier molecular flexibility index (Phi) is 4.74. The van der Waals surface area contributed by atoms with E-state index >= 15 is 0 Å². The zero-order valence-corrected chi connectivity index (χ0v) is 14.1. The van der Waals surface area contributed by atoms with E-state index in [4.69, 9.17) is 0 Å². The lowest BCUT2D eigenvalue weighted by atomic mass is 10.1. The smallest absolute Gasteiger partial charge is 0.293 e. The minimum Gasteiger partial charge on any atom is -0.316 e. The Balaban J connectivity index is 2.33. The first-order chi connectivity index (χ1) is 9.86. The van der Waals surface area contributed by atoms with E-state index in [0.29, 0.717) is 5.56 Å². The first-order valence-corrected chi connectivity index (χ1v) is 7.48. The number of rotatable bonds is 3. The third-order valence-electron chi connectivity index (χ3n) is 2.72. The minimum absolute atomic E-state index is 0.127. The fourth-order valence-electron chi connectivity index (χ4n) is 1.78. The Labute approximate surface area is 137 Å². The van der Waals surface area contributed by atoms with Gasteiger partial charge in [0.05, 0.1) is 4.92 Å². The van der Waals surface area contributed by atoms with E-state index in [2.05, 4.69) is 37.2 Å². The normalized spacial score (nSPS) is 10.2. The topological polar surface area (TPSA) is 72.2 Å². The van der Waals surface area contributed by atoms with Crippen molar-refractivity contribution in [3.05, 3.63) is 66.6 Å². The van der Waals surface area contributed by atoms with Gasteiger partial charge in [-0.25, -0.2) is 0 Å². The summed E-state index contributed by atoms with van der Waals surface area (Å²) < 4.78 is 1.47. The number of anilines is 1. The molecule has 2 rings (SSSR count). The molecule has 0 aromatic heterocycles. The van der Waals surface area contributed by atoms with Gasteiger partial charge in [-0.2, -0.15) is 0 Å². The number of nitrogens with one attached hydrogen (secondary N) is 1. The number of benzene rings is 2. The van der Waals surface area contributed by atoms with Gasteiger partial charge < -0.3 is 5.32 Å². The zero-order chi connectivity index (χ0) is 15.6. The van der Waals surface area contributed by atoms with Gasteiger partial charge in [-0.1, -0.05) is 37.9 Å². The third-order valence-corrected chi connectivity index (χ3v) is 3.64. The van der Waals surface area contributed by atoms with E-state index < -0.39 is 10.8 Å². The number of nitrogens with zero attached hydrogens (tertiary/aromatic N) is 1. The van der Waals surface area contributed by atoms with E-state index in [1.165, 1.54) is 12.1 Å². The fourth-order valence-corrected chi connectivity index (χ4v) is 3.07. The van der Waals surface area contributed by atoms with Crippen LogP contribution in [-0.2, 0) is 0 Å². The van der Waals surface area contributed by atoms with Crippen LogP contribution in [-0.4, -0.2) is 10.8 Å². The highest BCUT2D eigenvalue weighted by Crippen LogP contribution is 2.27. The van der Waals surface area contributed by atoms with Crippen molar-refractivity contribution in [3.63, 3.8) is 0 Å². The average Bonchev–Trinajstić information content (AvgIpc) is 2.39. The highest BCUT2D eigenvalue weighted by Gasteiger charge is 2.17. The van der Waals surface area contributed by atoms with Crippen molar-refractivity contribution in [1.29, 1.82) is 0 Å². The molecule has 0 fully saturated rings. The molecule has 0 aliphatic heterocycles. The summed E-state index contributed by atoms with van der Waals surface area (Å²) in [7, 11) is 0. The maximum atomic E-state index is 12.2. The molecule has 108 valence electrons. The van der Waals surface area contributed by atoms with Crippen LogP contribution in [0, 0.1) is 17.0 Å². The first-order valence-electron chi connectivity index (χ1n) is 5.89. The van der Waals surface area contributed by atoms with Crippen LogP contribution in [0.25, 0.3) is 0 Å². The van der Waals surface area contributed by atoms with Gasteiger partial charge in [0, 0.05) is 20.6 Å². The van der Waals surface area contributed by atoms with Crippen molar-refractivity contribution in [3.8, 4) is 0 Å². The Morgan fingerprint density at radius 3 is 2.33 bits per heavy atom. The number of carbonyl (C=O) groups is 1. The SMILES string of the molecule is Cc1ccc(NC(=O)c2cc(Br)cc(Br)c2)c([N+](=O)[O-])c1. The van der Waals surface area contributed by atoms with Crippen molar-refractivity contribution < 1.29 is 9.72 Å². The second-order valence-corrected chi connectivity index (χ2v) is 6.22. The molecular formula is C14H10Br2N2O3. The Hall–Kier alpha value is -1.73. The highest BCUT2D eigenvalue weighted by molar-refractivity contribution is 9.11. The number of aryl methyl sites for hydroxylation is 1. The number of hydrogen-bond donors (Lipinski definition) is 1. The molecule has 0 bridgehead atoms. The number of nitro benzene ring substituents is 1. The molecule has 0 spiro atoms. The predicted octanol–water partition coefficient (Wildman–Crippen LogP) is 4.68. The highest BCUT2D eigenvalue weighted by atomic mass is 79.9. The second kappa shape index (κ2) is 6.36. The molecule has 0 atom stereocenters. The van der Waals surface area contributed by atoms with Gasteiger partial charge in [0.25, 0.3) is 11.6 Å². The molecule has 2 aromatic rings. The molecule has 2 aromatic carbocycles. The van der Waals surface area contributed by atoms with Crippen molar-refractivity contribution in [1.82, 2.24) is 0 Å². The maximum Gasteiger partial charge on any atom is 0.293 e. The number of carbonyl (C=O) groups excluding carboxylic acids is 1. The molecule has 0 aliphatic rings. The van der Waals surface area contributed by atoms with Gasteiger partial charge in [-0.15, -0.1) is 0 Å². The second-order valence-electron chi connectivity index (χ2n) is 4.39. The van der Waals surface area contributed by atoms with E-state index in [1.807, 2.05) is 0 Å². The average molecular weight is 414 g/mol. The summed E-state index contributed by atoms with van der Waals surface area (Å²) in [6.45, 7) is 1.75. The van der Waals surface area contributed by atoms with E-state index in [1.54, 1.807) is 31.2 Å². The molecule has 0 saturated heterocycles. The summed E-state index contributed by atoms with van der Waals surface area (Å²) in [5.74, 6) is -0.413. The van der Waals surface area contributed by atoms with E-state index in [-0.39, 0.29) is 11.4 Å². The fraction of sp³-hybridized carbons (Fsp3) is 0.0714.